The maximum Gasteiger partial charge on any atom is 0.122 e. The van der Waals surface area contributed by atoms with Crippen LogP contribution in [0.15, 0.2) is 34.7 Å². The van der Waals surface area contributed by atoms with E-state index in [1.54, 1.807) is 7.11 Å². The van der Waals surface area contributed by atoms with E-state index in [0.29, 0.717) is 6.04 Å². The molecule has 1 N–H and O–H groups in total. The van der Waals surface area contributed by atoms with Crippen molar-refractivity contribution in [1.82, 2.24) is 5.32 Å². The van der Waals surface area contributed by atoms with Crippen LogP contribution >= 0.6 is 0 Å². The molecule has 1 aromatic heterocycles. The summed E-state index contributed by atoms with van der Waals surface area (Å²) in [5.74, 6) is 2.92. The molecule has 3 nitrogen and oxygen atoms in total. The van der Waals surface area contributed by atoms with E-state index in [4.69, 9.17) is 9.15 Å². The topological polar surface area (TPSA) is 34.4 Å². The fourth-order valence-electron chi connectivity index (χ4n) is 2.86. The van der Waals surface area contributed by atoms with Crippen LogP contribution in [0.4, 0.5) is 0 Å². The minimum Gasteiger partial charge on any atom is -0.496 e. The smallest absolute Gasteiger partial charge is 0.122 e. The average molecular weight is 287 g/mol. The molecule has 2 unspecified atom stereocenters. The average Bonchev–Trinajstić information content (AvgIpc) is 2.78. The molecule has 2 aromatic rings. The molecule has 1 aromatic carbocycles. The van der Waals surface area contributed by atoms with Crippen molar-refractivity contribution in [1.29, 1.82) is 0 Å². The van der Waals surface area contributed by atoms with Gasteiger partial charge in [0.1, 0.15) is 17.3 Å². The van der Waals surface area contributed by atoms with E-state index in [1.165, 1.54) is 11.1 Å². The molecule has 0 aliphatic heterocycles. The molecule has 0 aliphatic rings. The lowest BCUT2D eigenvalue weighted by Crippen LogP contribution is -2.31. The first-order valence-electron chi connectivity index (χ1n) is 7.46. The normalized spacial score (nSPS) is 14.0. The van der Waals surface area contributed by atoms with Gasteiger partial charge in [0.2, 0.25) is 0 Å². The number of rotatable bonds is 6. The summed E-state index contributed by atoms with van der Waals surface area (Å²) in [5, 5.41) is 3.63. The van der Waals surface area contributed by atoms with Crippen molar-refractivity contribution in [2.45, 2.75) is 46.2 Å². The fourth-order valence-corrected chi connectivity index (χ4v) is 2.86. The summed E-state index contributed by atoms with van der Waals surface area (Å²) >= 11 is 0. The molecule has 1 heterocycles. The maximum absolute atomic E-state index is 5.61. The van der Waals surface area contributed by atoms with Gasteiger partial charge in [-0.1, -0.05) is 18.2 Å². The Bertz CT molecular complexity index is 589. The van der Waals surface area contributed by atoms with E-state index in [0.717, 1.165) is 23.7 Å². The Balaban J connectivity index is 2.01. The lowest BCUT2D eigenvalue weighted by molar-refractivity contribution is 0.402. The van der Waals surface area contributed by atoms with Crippen LogP contribution in [-0.4, -0.2) is 13.2 Å². The summed E-state index contributed by atoms with van der Waals surface area (Å²) in [6.07, 6.45) is 0.935. The number of methoxy groups -OCH3 is 1. The molecule has 2 atom stereocenters. The van der Waals surface area contributed by atoms with Gasteiger partial charge in [-0.05, 0) is 51.8 Å². The SMILES string of the molecule is COc1ccccc1CC(C)NC(C)c1cc(C)oc1C. The first-order chi connectivity index (χ1) is 10.0. The summed E-state index contributed by atoms with van der Waals surface area (Å²) in [5.41, 5.74) is 2.46. The third-order valence-electron chi connectivity index (χ3n) is 3.80. The lowest BCUT2D eigenvalue weighted by Gasteiger charge is -2.20. The van der Waals surface area contributed by atoms with E-state index in [9.17, 15) is 0 Å². The highest BCUT2D eigenvalue weighted by Gasteiger charge is 2.16. The van der Waals surface area contributed by atoms with Gasteiger partial charge >= 0.3 is 0 Å². The zero-order valence-corrected chi connectivity index (χ0v) is 13.6. The van der Waals surface area contributed by atoms with Crippen molar-refractivity contribution < 1.29 is 9.15 Å². The van der Waals surface area contributed by atoms with E-state index < -0.39 is 0 Å². The number of aryl methyl sites for hydroxylation is 2. The van der Waals surface area contributed by atoms with E-state index in [2.05, 4.69) is 37.4 Å². The second kappa shape index (κ2) is 6.81. The fraction of sp³-hybridized carbons (Fsp3) is 0.444. The molecule has 114 valence electrons. The number of furan rings is 1. The van der Waals surface area contributed by atoms with Gasteiger partial charge in [-0.15, -0.1) is 0 Å². The molecule has 0 amide bonds. The first kappa shape index (κ1) is 15.6. The number of hydrogen-bond donors (Lipinski definition) is 1. The number of ether oxygens (including phenoxy) is 1. The van der Waals surface area contributed by atoms with E-state index in [1.807, 2.05) is 26.0 Å². The van der Waals surface area contributed by atoms with Gasteiger partial charge in [-0.25, -0.2) is 0 Å². The molecule has 0 aliphatic carbocycles. The Morgan fingerprint density at radius 2 is 1.90 bits per heavy atom. The zero-order chi connectivity index (χ0) is 15.4. The molecule has 3 heteroatoms. The van der Waals surface area contributed by atoms with Gasteiger partial charge in [0.05, 0.1) is 7.11 Å². The number of para-hydroxylation sites is 1. The molecule has 0 fully saturated rings. The third-order valence-corrected chi connectivity index (χ3v) is 3.80. The molecule has 0 bridgehead atoms. The number of benzene rings is 1. The molecule has 0 spiro atoms. The highest BCUT2D eigenvalue weighted by atomic mass is 16.5. The summed E-state index contributed by atoms with van der Waals surface area (Å²) in [6, 6.07) is 10.9. The Hall–Kier alpha value is -1.74. The minimum absolute atomic E-state index is 0.271. The second-order valence-corrected chi connectivity index (χ2v) is 5.67. The number of hydrogen-bond acceptors (Lipinski definition) is 3. The van der Waals surface area contributed by atoms with Crippen LogP contribution in [0.25, 0.3) is 0 Å². The zero-order valence-electron chi connectivity index (χ0n) is 13.6. The monoisotopic (exact) mass is 287 g/mol. The third kappa shape index (κ3) is 3.88. The molecular weight excluding hydrogens is 262 g/mol. The van der Waals surface area contributed by atoms with Crippen LogP contribution in [0.3, 0.4) is 0 Å². The molecule has 2 rings (SSSR count). The van der Waals surface area contributed by atoms with Crippen LogP contribution in [0, 0.1) is 13.8 Å². The van der Waals surface area contributed by atoms with Gasteiger partial charge in [-0.3, -0.25) is 0 Å². The summed E-state index contributed by atoms with van der Waals surface area (Å²) in [6.45, 7) is 8.38. The van der Waals surface area contributed by atoms with Crippen molar-refractivity contribution >= 4 is 0 Å². The van der Waals surface area contributed by atoms with Crippen LogP contribution in [0.2, 0.25) is 0 Å². The quantitative estimate of drug-likeness (QED) is 0.865. The van der Waals surface area contributed by atoms with Crippen molar-refractivity contribution in [2.24, 2.45) is 0 Å². The van der Waals surface area contributed by atoms with Gasteiger partial charge in [0.15, 0.2) is 0 Å². The highest BCUT2D eigenvalue weighted by molar-refractivity contribution is 5.34. The van der Waals surface area contributed by atoms with Crippen LogP contribution in [-0.2, 0) is 6.42 Å². The summed E-state index contributed by atoms with van der Waals surface area (Å²) in [7, 11) is 1.72. The molecular formula is C18H25NO2. The van der Waals surface area contributed by atoms with Gasteiger partial charge in [0, 0.05) is 17.6 Å². The second-order valence-electron chi connectivity index (χ2n) is 5.67. The Morgan fingerprint density at radius 1 is 1.19 bits per heavy atom. The minimum atomic E-state index is 0.271. The summed E-state index contributed by atoms with van der Waals surface area (Å²) < 4.78 is 11.0. The highest BCUT2D eigenvalue weighted by Crippen LogP contribution is 2.23. The standard InChI is InChI=1S/C18H25NO2/c1-12(10-16-8-6-7-9-18(16)20-5)19-14(3)17-11-13(2)21-15(17)4/h6-9,11-12,14,19H,10H2,1-5H3. The lowest BCUT2D eigenvalue weighted by atomic mass is 10.0. The Kier molecular flexibility index (Phi) is 5.07. The molecule has 0 saturated carbocycles. The van der Waals surface area contributed by atoms with Crippen molar-refractivity contribution in [3.63, 3.8) is 0 Å². The van der Waals surface area contributed by atoms with Gasteiger partial charge in [-0.2, -0.15) is 0 Å². The van der Waals surface area contributed by atoms with Crippen molar-refractivity contribution in [2.75, 3.05) is 7.11 Å². The number of nitrogens with one attached hydrogen (secondary N) is 1. The molecule has 0 radical (unpaired) electrons. The van der Waals surface area contributed by atoms with Crippen LogP contribution in [0.1, 0.15) is 42.5 Å². The molecule has 21 heavy (non-hydrogen) atoms. The Labute approximate surface area is 127 Å². The first-order valence-corrected chi connectivity index (χ1v) is 7.46. The van der Waals surface area contributed by atoms with Crippen LogP contribution in [0.5, 0.6) is 5.75 Å². The predicted molar refractivity (Wildman–Crippen MR) is 85.9 cm³/mol. The molecule has 0 saturated heterocycles. The predicted octanol–water partition coefficient (Wildman–Crippen LogP) is 4.19. The summed E-state index contributed by atoms with van der Waals surface area (Å²) in [4.78, 5) is 0. The van der Waals surface area contributed by atoms with Crippen molar-refractivity contribution in [3.8, 4) is 5.75 Å². The van der Waals surface area contributed by atoms with Gasteiger partial charge < -0.3 is 14.5 Å². The van der Waals surface area contributed by atoms with Crippen LogP contribution < -0.4 is 10.1 Å². The van der Waals surface area contributed by atoms with Crippen molar-refractivity contribution in [3.05, 3.63) is 53.0 Å². The maximum atomic E-state index is 5.61. The Morgan fingerprint density at radius 3 is 2.52 bits per heavy atom. The van der Waals surface area contributed by atoms with Gasteiger partial charge in [0.25, 0.3) is 0 Å². The van der Waals surface area contributed by atoms with E-state index in [-0.39, 0.29) is 6.04 Å². The largest absolute Gasteiger partial charge is 0.496 e. The van der Waals surface area contributed by atoms with E-state index >= 15 is 0 Å².